The van der Waals surface area contributed by atoms with E-state index in [0.717, 1.165) is 50.9 Å². The minimum absolute atomic E-state index is 0.122. The van der Waals surface area contributed by atoms with Crippen LogP contribution in [-0.4, -0.2) is 30.5 Å². The molecule has 0 aliphatic carbocycles. The van der Waals surface area contributed by atoms with E-state index in [1.54, 1.807) is 25.3 Å². The molecule has 2 aromatic carbocycles. The van der Waals surface area contributed by atoms with Gasteiger partial charge >= 0.3 is 0 Å². The summed E-state index contributed by atoms with van der Waals surface area (Å²) in [6.07, 6.45) is 8.86. The van der Waals surface area contributed by atoms with Crippen LogP contribution in [0.25, 0.3) is 22.0 Å². The normalized spacial score (nSPS) is 13.5. The molecular formula is C29H35FN2O3. The Morgan fingerprint density at radius 2 is 1.71 bits per heavy atom. The number of hydrogen-bond acceptors (Lipinski definition) is 4. The lowest BCUT2D eigenvalue weighted by molar-refractivity contribution is -0.119. The number of halogens is 1. The molecule has 3 aromatic rings. The SMILES string of the molecule is CCCCCC(=O)CCCn1cc(-c2ccc(OC)cc2)c(=O)c2c(F)ccc(N3CCCC3)c21. The molecule has 4 rings (SSSR count). The van der Waals surface area contributed by atoms with Crippen molar-refractivity contribution in [2.24, 2.45) is 0 Å². The number of ether oxygens (including phenoxy) is 1. The van der Waals surface area contributed by atoms with Crippen LogP contribution in [0.1, 0.15) is 58.3 Å². The lowest BCUT2D eigenvalue weighted by atomic mass is 10.0. The fourth-order valence-corrected chi connectivity index (χ4v) is 4.99. The second-order valence-electron chi connectivity index (χ2n) is 9.38. The zero-order valence-corrected chi connectivity index (χ0v) is 20.8. The molecule has 1 aliphatic heterocycles. The van der Waals surface area contributed by atoms with Crippen LogP contribution < -0.4 is 15.1 Å². The lowest BCUT2D eigenvalue weighted by Gasteiger charge is -2.23. The summed E-state index contributed by atoms with van der Waals surface area (Å²) < 4.78 is 22.5. The molecule has 0 saturated carbocycles. The molecular weight excluding hydrogens is 443 g/mol. The summed E-state index contributed by atoms with van der Waals surface area (Å²) in [5.74, 6) is 0.455. The summed E-state index contributed by atoms with van der Waals surface area (Å²) in [5.41, 5.74) is 2.38. The zero-order valence-electron chi connectivity index (χ0n) is 20.8. The third kappa shape index (κ3) is 5.58. The Balaban J connectivity index is 1.76. The molecule has 0 N–H and O–H groups in total. The molecule has 1 saturated heterocycles. The van der Waals surface area contributed by atoms with Crippen LogP contribution in [0.2, 0.25) is 0 Å². The number of aromatic nitrogens is 1. The molecule has 5 nitrogen and oxygen atoms in total. The van der Waals surface area contributed by atoms with Gasteiger partial charge < -0.3 is 14.2 Å². The highest BCUT2D eigenvalue weighted by atomic mass is 19.1. The molecule has 186 valence electrons. The van der Waals surface area contributed by atoms with Crippen molar-refractivity contribution < 1.29 is 13.9 Å². The average Bonchev–Trinajstić information content (AvgIpc) is 3.40. The van der Waals surface area contributed by atoms with Crippen molar-refractivity contribution >= 4 is 22.4 Å². The Labute approximate surface area is 206 Å². The van der Waals surface area contributed by atoms with E-state index in [9.17, 15) is 9.59 Å². The Bertz CT molecular complexity index is 1230. The predicted octanol–water partition coefficient (Wildman–Crippen LogP) is 6.35. The number of ketones is 1. The molecule has 2 heterocycles. The largest absolute Gasteiger partial charge is 0.497 e. The highest BCUT2D eigenvalue weighted by Crippen LogP contribution is 2.32. The molecule has 0 spiro atoms. The van der Waals surface area contributed by atoms with Crippen molar-refractivity contribution in [3.05, 3.63) is 58.6 Å². The number of methoxy groups -OCH3 is 1. The molecule has 0 bridgehead atoms. The monoisotopic (exact) mass is 478 g/mol. The van der Waals surface area contributed by atoms with Gasteiger partial charge in [-0.1, -0.05) is 31.9 Å². The molecule has 1 aromatic heterocycles. The van der Waals surface area contributed by atoms with Crippen molar-refractivity contribution in [3.8, 4) is 16.9 Å². The first-order valence-electron chi connectivity index (χ1n) is 12.8. The van der Waals surface area contributed by atoms with E-state index in [0.29, 0.717) is 48.2 Å². The molecule has 35 heavy (non-hydrogen) atoms. The van der Waals surface area contributed by atoms with Crippen LogP contribution in [0.3, 0.4) is 0 Å². The summed E-state index contributed by atoms with van der Waals surface area (Å²) in [6.45, 7) is 4.46. The minimum Gasteiger partial charge on any atom is -0.497 e. The van der Waals surface area contributed by atoms with Crippen molar-refractivity contribution in [1.82, 2.24) is 4.57 Å². The maximum atomic E-state index is 15.2. The van der Waals surface area contributed by atoms with Crippen LogP contribution >= 0.6 is 0 Å². The van der Waals surface area contributed by atoms with Gasteiger partial charge in [-0.05, 0) is 55.5 Å². The molecule has 0 unspecified atom stereocenters. The Morgan fingerprint density at radius 3 is 2.40 bits per heavy atom. The number of anilines is 1. The Kier molecular flexibility index (Phi) is 8.21. The number of carbonyl (C=O) groups is 1. The second kappa shape index (κ2) is 11.5. The van der Waals surface area contributed by atoms with Gasteiger partial charge in [0.25, 0.3) is 0 Å². The van der Waals surface area contributed by atoms with Gasteiger partial charge in [0.1, 0.15) is 17.3 Å². The third-order valence-electron chi connectivity index (χ3n) is 6.91. The topological polar surface area (TPSA) is 51.5 Å². The van der Waals surface area contributed by atoms with E-state index in [1.165, 1.54) is 6.07 Å². The lowest BCUT2D eigenvalue weighted by Crippen LogP contribution is -2.22. The molecule has 0 amide bonds. The number of benzene rings is 2. The highest BCUT2D eigenvalue weighted by Gasteiger charge is 2.22. The number of carbonyl (C=O) groups excluding carboxylic acids is 1. The molecule has 1 fully saturated rings. The van der Waals surface area contributed by atoms with E-state index in [2.05, 4.69) is 11.8 Å². The van der Waals surface area contributed by atoms with Crippen LogP contribution in [0.4, 0.5) is 10.1 Å². The highest BCUT2D eigenvalue weighted by molar-refractivity contribution is 5.94. The number of Topliss-reactive ketones (excluding diaryl/α,β-unsaturated/α-hetero) is 1. The molecule has 1 aliphatic rings. The third-order valence-corrected chi connectivity index (χ3v) is 6.91. The number of fused-ring (bicyclic) bond motifs is 1. The van der Waals surface area contributed by atoms with E-state index >= 15 is 4.39 Å². The van der Waals surface area contributed by atoms with Gasteiger partial charge in [-0.2, -0.15) is 0 Å². The molecule has 0 radical (unpaired) electrons. The van der Waals surface area contributed by atoms with Crippen LogP contribution in [0.15, 0.2) is 47.4 Å². The van der Waals surface area contributed by atoms with E-state index in [1.807, 2.05) is 22.9 Å². The first kappa shape index (κ1) is 25.0. The number of pyridine rings is 1. The number of unbranched alkanes of at least 4 members (excludes halogenated alkanes) is 2. The summed E-state index contributed by atoms with van der Waals surface area (Å²) in [5, 5.41) is 0.122. The smallest absolute Gasteiger partial charge is 0.200 e. The first-order chi connectivity index (χ1) is 17.0. The zero-order chi connectivity index (χ0) is 24.8. The van der Waals surface area contributed by atoms with Crippen LogP contribution in [0.5, 0.6) is 5.75 Å². The van der Waals surface area contributed by atoms with Crippen LogP contribution in [0, 0.1) is 5.82 Å². The summed E-state index contributed by atoms with van der Waals surface area (Å²) in [6, 6.07) is 10.5. The molecule has 6 heteroatoms. The maximum absolute atomic E-state index is 15.2. The Hall–Kier alpha value is -3.15. The van der Waals surface area contributed by atoms with E-state index in [-0.39, 0.29) is 16.6 Å². The first-order valence-corrected chi connectivity index (χ1v) is 12.8. The number of hydrogen-bond donors (Lipinski definition) is 0. The van der Waals surface area contributed by atoms with Gasteiger partial charge in [0.2, 0.25) is 0 Å². The fraction of sp³-hybridized carbons (Fsp3) is 0.448. The second-order valence-corrected chi connectivity index (χ2v) is 9.38. The van der Waals surface area contributed by atoms with Crippen molar-refractivity contribution in [2.45, 2.75) is 64.8 Å². The summed E-state index contributed by atoms with van der Waals surface area (Å²) >= 11 is 0. The van der Waals surface area contributed by atoms with E-state index in [4.69, 9.17) is 4.74 Å². The van der Waals surface area contributed by atoms with E-state index < -0.39 is 5.82 Å². The fourth-order valence-electron chi connectivity index (χ4n) is 4.99. The van der Waals surface area contributed by atoms with Gasteiger partial charge in [-0.3, -0.25) is 9.59 Å². The van der Waals surface area contributed by atoms with Gasteiger partial charge in [0, 0.05) is 44.2 Å². The van der Waals surface area contributed by atoms with Gasteiger partial charge in [0.05, 0.1) is 23.7 Å². The van der Waals surface area contributed by atoms with Gasteiger partial charge in [-0.15, -0.1) is 0 Å². The van der Waals surface area contributed by atoms with Gasteiger partial charge in [-0.25, -0.2) is 4.39 Å². The predicted molar refractivity (Wildman–Crippen MR) is 140 cm³/mol. The average molecular weight is 479 g/mol. The standard InChI is InChI=1S/C29H35FN2O3/c1-3-4-5-9-22(33)10-8-19-32-20-24(21-11-13-23(35-2)14-12-21)29(34)27-25(30)15-16-26(28(27)32)31-17-6-7-18-31/h11-16,20H,3-10,17-19H2,1-2H3. The maximum Gasteiger partial charge on any atom is 0.200 e. The van der Waals surface area contributed by atoms with Crippen LogP contribution in [-0.2, 0) is 11.3 Å². The number of nitrogens with zero attached hydrogens (tertiary/aromatic N) is 2. The molecule has 0 atom stereocenters. The number of rotatable bonds is 11. The summed E-state index contributed by atoms with van der Waals surface area (Å²) in [7, 11) is 1.59. The van der Waals surface area contributed by atoms with Gasteiger partial charge in [0.15, 0.2) is 5.43 Å². The minimum atomic E-state index is -0.507. The quantitative estimate of drug-likeness (QED) is 0.302. The summed E-state index contributed by atoms with van der Waals surface area (Å²) in [4.78, 5) is 28.2. The van der Waals surface area contributed by atoms with Crippen molar-refractivity contribution in [1.29, 1.82) is 0 Å². The number of aryl methyl sites for hydroxylation is 1. The Morgan fingerprint density at radius 1 is 1.00 bits per heavy atom. The van der Waals surface area contributed by atoms with Crippen molar-refractivity contribution in [3.63, 3.8) is 0 Å². The van der Waals surface area contributed by atoms with Crippen molar-refractivity contribution in [2.75, 3.05) is 25.1 Å².